The van der Waals surface area contributed by atoms with Crippen LogP contribution in [-0.4, -0.2) is 18.4 Å². The molecule has 2 aromatic rings. The molecule has 1 saturated heterocycles. The SMILES string of the molecule is CCc1cccc(N2C[C@H](C(=O)Nc3ccccc3)CC2=O)c1. The quantitative estimate of drug-likeness (QED) is 0.942. The van der Waals surface area contributed by atoms with Crippen LogP contribution in [0.15, 0.2) is 54.6 Å². The molecule has 0 spiro atoms. The van der Waals surface area contributed by atoms with Gasteiger partial charge < -0.3 is 10.2 Å². The summed E-state index contributed by atoms with van der Waals surface area (Å²) in [6.45, 7) is 2.52. The van der Waals surface area contributed by atoms with Crippen molar-refractivity contribution in [2.24, 2.45) is 5.92 Å². The first-order valence-electron chi connectivity index (χ1n) is 7.92. The van der Waals surface area contributed by atoms with E-state index in [9.17, 15) is 9.59 Å². The van der Waals surface area contributed by atoms with Gasteiger partial charge in [0.05, 0.1) is 5.92 Å². The van der Waals surface area contributed by atoms with Crippen molar-refractivity contribution in [2.75, 3.05) is 16.8 Å². The molecule has 0 saturated carbocycles. The normalized spacial score (nSPS) is 17.3. The summed E-state index contributed by atoms with van der Waals surface area (Å²) < 4.78 is 0. The zero-order valence-corrected chi connectivity index (χ0v) is 13.2. The van der Waals surface area contributed by atoms with Crippen molar-refractivity contribution in [3.63, 3.8) is 0 Å². The molecule has 0 radical (unpaired) electrons. The number of rotatable bonds is 4. The maximum absolute atomic E-state index is 12.4. The number of benzene rings is 2. The molecule has 0 unspecified atom stereocenters. The number of nitrogens with zero attached hydrogens (tertiary/aromatic N) is 1. The molecule has 4 heteroatoms. The molecule has 2 aromatic carbocycles. The van der Waals surface area contributed by atoms with Crippen LogP contribution in [0.3, 0.4) is 0 Å². The van der Waals surface area contributed by atoms with Crippen molar-refractivity contribution in [1.29, 1.82) is 0 Å². The molecule has 1 aliphatic rings. The molecule has 1 fully saturated rings. The van der Waals surface area contributed by atoms with Gasteiger partial charge in [0.25, 0.3) is 0 Å². The highest BCUT2D eigenvalue weighted by Crippen LogP contribution is 2.26. The van der Waals surface area contributed by atoms with Gasteiger partial charge in [0, 0.05) is 24.3 Å². The van der Waals surface area contributed by atoms with Crippen LogP contribution < -0.4 is 10.2 Å². The molecular formula is C19H20N2O2. The lowest BCUT2D eigenvalue weighted by atomic mass is 10.1. The van der Waals surface area contributed by atoms with E-state index < -0.39 is 0 Å². The second-order valence-electron chi connectivity index (χ2n) is 5.78. The van der Waals surface area contributed by atoms with E-state index in [1.165, 1.54) is 5.56 Å². The third-order valence-corrected chi connectivity index (χ3v) is 4.17. The Morgan fingerprint density at radius 3 is 2.70 bits per heavy atom. The standard InChI is InChI=1S/C19H20N2O2/c1-2-14-7-6-10-17(11-14)21-13-15(12-18(21)22)19(23)20-16-8-4-3-5-9-16/h3-11,15H,2,12-13H2,1H3,(H,20,23)/t15-/m1/s1. The summed E-state index contributed by atoms with van der Waals surface area (Å²) in [5.41, 5.74) is 2.83. The fourth-order valence-electron chi connectivity index (χ4n) is 2.84. The minimum atomic E-state index is -0.312. The molecule has 2 amide bonds. The third-order valence-electron chi connectivity index (χ3n) is 4.17. The topological polar surface area (TPSA) is 49.4 Å². The van der Waals surface area contributed by atoms with Crippen molar-refractivity contribution in [2.45, 2.75) is 19.8 Å². The molecule has 1 heterocycles. The molecule has 118 valence electrons. The number of carbonyl (C=O) groups is 2. The van der Waals surface area contributed by atoms with Gasteiger partial charge >= 0.3 is 0 Å². The Morgan fingerprint density at radius 2 is 1.96 bits per heavy atom. The summed E-state index contributed by atoms with van der Waals surface area (Å²) in [6, 6.07) is 17.3. The van der Waals surface area contributed by atoms with E-state index in [0.29, 0.717) is 6.54 Å². The second-order valence-corrected chi connectivity index (χ2v) is 5.78. The van der Waals surface area contributed by atoms with Gasteiger partial charge in [0.15, 0.2) is 0 Å². The predicted octanol–water partition coefficient (Wildman–Crippen LogP) is 3.24. The molecular weight excluding hydrogens is 288 g/mol. The largest absolute Gasteiger partial charge is 0.326 e. The average molecular weight is 308 g/mol. The molecule has 23 heavy (non-hydrogen) atoms. The third kappa shape index (κ3) is 3.42. The first kappa shape index (κ1) is 15.3. The Balaban J connectivity index is 1.70. The summed E-state index contributed by atoms with van der Waals surface area (Å²) in [5, 5.41) is 2.88. The van der Waals surface area contributed by atoms with Crippen molar-refractivity contribution >= 4 is 23.2 Å². The fourth-order valence-corrected chi connectivity index (χ4v) is 2.84. The lowest BCUT2D eigenvalue weighted by Gasteiger charge is -2.17. The van der Waals surface area contributed by atoms with Gasteiger partial charge in [0.2, 0.25) is 11.8 Å². The second kappa shape index (κ2) is 6.65. The van der Waals surface area contributed by atoms with Crippen LogP contribution in [-0.2, 0) is 16.0 Å². The van der Waals surface area contributed by atoms with Crippen LogP contribution >= 0.6 is 0 Å². The zero-order chi connectivity index (χ0) is 16.2. The molecule has 0 aromatic heterocycles. The highest BCUT2D eigenvalue weighted by atomic mass is 16.2. The highest BCUT2D eigenvalue weighted by Gasteiger charge is 2.35. The van der Waals surface area contributed by atoms with Gasteiger partial charge in [-0.05, 0) is 36.2 Å². The molecule has 0 aliphatic carbocycles. The minimum absolute atomic E-state index is 0.00599. The van der Waals surface area contributed by atoms with E-state index in [0.717, 1.165) is 17.8 Å². The molecule has 1 aliphatic heterocycles. The van der Waals surface area contributed by atoms with E-state index in [2.05, 4.69) is 12.2 Å². The Kier molecular flexibility index (Phi) is 4.42. The predicted molar refractivity (Wildman–Crippen MR) is 91.4 cm³/mol. The van der Waals surface area contributed by atoms with Gasteiger partial charge in [-0.15, -0.1) is 0 Å². The minimum Gasteiger partial charge on any atom is -0.326 e. The Bertz CT molecular complexity index is 712. The van der Waals surface area contributed by atoms with Gasteiger partial charge in [-0.1, -0.05) is 37.3 Å². The number of anilines is 2. The summed E-state index contributed by atoms with van der Waals surface area (Å²) in [7, 11) is 0. The zero-order valence-electron chi connectivity index (χ0n) is 13.2. The van der Waals surface area contributed by atoms with Crippen LogP contribution in [0, 0.1) is 5.92 Å². The summed E-state index contributed by atoms with van der Waals surface area (Å²) in [4.78, 5) is 26.4. The van der Waals surface area contributed by atoms with E-state index in [1.54, 1.807) is 4.90 Å². The number of aryl methyl sites for hydroxylation is 1. The molecule has 3 rings (SSSR count). The van der Waals surface area contributed by atoms with Gasteiger partial charge in [-0.25, -0.2) is 0 Å². The summed E-state index contributed by atoms with van der Waals surface area (Å²) >= 11 is 0. The van der Waals surface area contributed by atoms with E-state index >= 15 is 0 Å². The van der Waals surface area contributed by atoms with E-state index in [-0.39, 0.29) is 24.2 Å². The number of carbonyl (C=O) groups excluding carboxylic acids is 2. The molecule has 4 nitrogen and oxygen atoms in total. The van der Waals surface area contributed by atoms with Crippen molar-refractivity contribution in [1.82, 2.24) is 0 Å². The van der Waals surface area contributed by atoms with Crippen molar-refractivity contribution < 1.29 is 9.59 Å². The van der Waals surface area contributed by atoms with Crippen molar-refractivity contribution in [3.8, 4) is 0 Å². The van der Waals surface area contributed by atoms with Crippen LogP contribution in [0.25, 0.3) is 0 Å². The van der Waals surface area contributed by atoms with Crippen LogP contribution in [0.5, 0.6) is 0 Å². The maximum atomic E-state index is 12.4. The number of hydrogen-bond donors (Lipinski definition) is 1. The lowest BCUT2D eigenvalue weighted by molar-refractivity contribution is -0.122. The number of hydrogen-bond acceptors (Lipinski definition) is 2. The van der Waals surface area contributed by atoms with Crippen LogP contribution in [0.1, 0.15) is 18.9 Å². The Hall–Kier alpha value is -2.62. The molecule has 0 bridgehead atoms. The monoisotopic (exact) mass is 308 g/mol. The highest BCUT2D eigenvalue weighted by molar-refractivity contribution is 6.03. The van der Waals surface area contributed by atoms with Gasteiger partial charge in [-0.2, -0.15) is 0 Å². The smallest absolute Gasteiger partial charge is 0.229 e. The maximum Gasteiger partial charge on any atom is 0.229 e. The van der Waals surface area contributed by atoms with E-state index in [1.807, 2.05) is 54.6 Å². The first-order valence-corrected chi connectivity index (χ1v) is 7.92. The summed E-state index contributed by atoms with van der Waals surface area (Å²) in [6.07, 6.45) is 1.18. The Morgan fingerprint density at radius 1 is 1.17 bits per heavy atom. The lowest BCUT2D eigenvalue weighted by Crippen LogP contribution is -2.28. The average Bonchev–Trinajstić information content (AvgIpc) is 2.98. The van der Waals surface area contributed by atoms with Crippen molar-refractivity contribution in [3.05, 3.63) is 60.2 Å². The first-order chi connectivity index (χ1) is 11.2. The van der Waals surface area contributed by atoms with Crippen LogP contribution in [0.4, 0.5) is 11.4 Å². The fraction of sp³-hybridized carbons (Fsp3) is 0.263. The number of amides is 2. The number of para-hydroxylation sites is 1. The van der Waals surface area contributed by atoms with Gasteiger partial charge in [-0.3, -0.25) is 9.59 Å². The number of nitrogens with one attached hydrogen (secondary N) is 1. The van der Waals surface area contributed by atoms with Gasteiger partial charge in [0.1, 0.15) is 0 Å². The van der Waals surface area contributed by atoms with Crippen LogP contribution in [0.2, 0.25) is 0 Å². The van der Waals surface area contributed by atoms with E-state index in [4.69, 9.17) is 0 Å². The molecule has 1 atom stereocenters. The Labute approximate surface area is 136 Å². The molecule has 1 N–H and O–H groups in total. The summed E-state index contributed by atoms with van der Waals surface area (Å²) in [5.74, 6) is -0.404.